The molecule has 1 aliphatic rings. The standard InChI is InChI=1S/C20H25N3O4/c1-12-4-5-16-15(13(12)2)10-17(21-16)19(25)22(3)11-18(24)23-8-6-14(7-9-23)20(26)27/h4-5,10,14,21H,6-9,11H2,1-3H3,(H,26,27). The van der Waals surface area contributed by atoms with E-state index >= 15 is 0 Å². The van der Waals surface area contributed by atoms with E-state index in [0.29, 0.717) is 31.6 Å². The summed E-state index contributed by atoms with van der Waals surface area (Å²) < 4.78 is 0. The van der Waals surface area contributed by atoms with Crippen molar-refractivity contribution in [2.75, 3.05) is 26.7 Å². The fourth-order valence-corrected chi connectivity index (χ4v) is 3.53. The number of carboxylic acids is 1. The maximum atomic E-state index is 12.7. The predicted molar refractivity (Wildman–Crippen MR) is 102 cm³/mol. The molecule has 0 aliphatic carbocycles. The summed E-state index contributed by atoms with van der Waals surface area (Å²) >= 11 is 0. The zero-order chi connectivity index (χ0) is 19.7. The lowest BCUT2D eigenvalue weighted by Gasteiger charge is -2.31. The Morgan fingerprint density at radius 2 is 1.89 bits per heavy atom. The van der Waals surface area contributed by atoms with Gasteiger partial charge in [-0.05, 0) is 49.9 Å². The number of nitrogens with one attached hydrogen (secondary N) is 1. The normalized spacial score (nSPS) is 15.1. The smallest absolute Gasteiger partial charge is 0.306 e. The van der Waals surface area contributed by atoms with Gasteiger partial charge in [-0.3, -0.25) is 14.4 Å². The number of aryl methyl sites for hydroxylation is 2. The van der Waals surface area contributed by atoms with E-state index in [0.717, 1.165) is 22.0 Å². The van der Waals surface area contributed by atoms with Gasteiger partial charge in [0.25, 0.3) is 5.91 Å². The van der Waals surface area contributed by atoms with Gasteiger partial charge >= 0.3 is 5.97 Å². The number of fused-ring (bicyclic) bond motifs is 1. The van der Waals surface area contributed by atoms with E-state index in [-0.39, 0.29) is 24.3 Å². The highest BCUT2D eigenvalue weighted by molar-refractivity contribution is 6.00. The summed E-state index contributed by atoms with van der Waals surface area (Å²) in [5.74, 6) is -1.58. The molecule has 2 N–H and O–H groups in total. The molecular weight excluding hydrogens is 346 g/mol. The molecular formula is C20H25N3O4. The van der Waals surface area contributed by atoms with Crippen molar-refractivity contribution < 1.29 is 19.5 Å². The Hall–Kier alpha value is -2.83. The molecule has 1 saturated heterocycles. The van der Waals surface area contributed by atoms with Gasteiger partial charge in [-0.2, -0.15) is 0 Å². The van der Waals surface area contributed by atoms with E-state index in [2.05, 4.69) is 4.98 Å². The highest BCUT2D eigenvalue weighted by Gasteiger charge is 2.28. The number of amides is 2. The van der Waals surface area contributed by atoms with Gasteiger partial charge in [-0.15, -0.1) is 0 Å². The topological polar surface area (TPSA) is 93.7 Å². The molecule has 27 heavy (non-hydrogen) atoms. The first-order valence-electron chi connectivity index (χ1n) is 9.13. The number of benzene rings is 1. The fraction of sp³-hybridized carbons (Fsp3) is 0.450. The number of carboxylic acid groups (broad SMARTS) is 1. The Bertz CT molecular complexity index is 894. The van der Waals surface area contributed by atoms with Gasteiger partial charge in [0.2, 0.25) is 5.91 Å². The summed E-state index contributed by atoms with van der Waals surface area (Å²) in [6, 6.07) is 5.79. The monoisotopic (exact) mass is 371 g/mol. The number of aromatic amines is 1. The van der Waals surface area contributed by atoms with Crippen LogP contribution in [0.4, 0.5) is 0 Å². The van der Waals surface area contributed by atoms with Crippen molar-refractivity contribution in [1.29, 1.82) is 0 Å². The lowest BCUT2D eigenvalue weighted by atomic mass is 9.97. The molecule has 2 amide bonds. The van der Waals surface area contributed by atoms with E-state index in [1.54, 1.807) is 11.9 Å². The van der Waals surface area contributed by atoms with Crippen LogP contribution in [0, 0.1) is 19.8 Å². The third-order valence-electron chi connectivity index (χ3n) is 5.49. The number of carbonyl (C=O) groups is 3. The summed E-state index contributed by atoms with van der Waals surface area (Å²) in [7, 11) is 1.61. The molecule has 2 heterocycles. The Morgan fingerprint density at radius 3 is 2.52 bits per heavy atom. The third-order valence-corrected chi connectivity index (χ3v) is 5.49. The van der Waals surface area contributed by atoms with Gasteiger partial charge in [0, 0.05) is 31.0 Å². The minimum Gasteiger partial charge on any atom is -0.481 e. The molecule has 0 atom stereocenters. The van der Waals surface area contributed by atoms with Crippen molar-refractivity contribution in [3.05, 3.63) is 35.0 Å². The molecule has 7 nitrogen and oxygen atoms in total. The van der Waals surface area contributed by atoms with E-state index < -0.39 is 5.97 Å². The van der Waals surface area contributed by atoms with Gasteiger partial charge in [0.15, 0.2) is 0 Å². The number of nitrogens with zero attached hydrogens (tertiary/aromatic N) is 2. The molecule has 1 aromatic carbocycles. The average molecular weight is 371 g/mol. The van der Waals surface area contributed by atoms with Crippen molar-refractivity contribution in [1.82, 2.24) is 14.8 Å². The van der Waals surface area contributed by atoms with Crippen LogP contribution < -0.4 is 0 Å². The summed E-state index contributed by atoms with van der Waals surface area (Å²) in [6.07, 6.45) is 0.915. The Labute approximate surface area is 157 Å². The maximum absolute atomic E-state index is 12.7. The van der Waals surface area contributed by atoms with Crippen LogP contribution >= 0.6 is 0 Å². The number of piperidine rings is 1. The van der Waals surface area contributed by atoms with Gasteiger partial charge in [-0.25, -0.2) is 0 Å². The second kappa shape index (κ2) is 7.42. The van der Waals surface area contributed by atoms with Crippen molar-refractivity contribution in [3.63, 3.8) is 0 Å². The molecule has 2 aromatic rings. The molecule has 0 bridgehead atoms. The van der Waals surface area contributed by atoms with Gasteiger partial charge < -0.3 is 19.9 Å². The van der Waals surface area contributed by atoms with Crippen LogP contribution in [0.5, 0.6) is 0 Å². The number of carbonyl (C=O) groups excluding carboxylic acids is 2. The zero-order valence-corrected chi connectivity index (χ0v) is 15.9. The predicted octanol–water partition coefficient (Wildman–Crippen LogP) is 2.18. The van der Waals surface area contributed by atoms with E-state index in [1.165, 1.54) is 4.90 Å². The average Bonchev–Trinajstić information content (AvgIpc) is 3.09. The highest BCUT2D eigenvalue weighted by Crippen LogP contribution is 2.23. The summed E-state index contributed by atoms with van der Waals surface area (Å²) in [5, 5.41) is 10.1. The number of H-pyrrole nitrogens is 1. The minimum absolute atomic E-state index is 0.0239. The summed E-state index contributed by atoms with van der Waals surface area (Å²) in [4.78, 5) is 42.4. The molecule has 0 spiro atoms. The molecule has 1 aliphatic heterocycles. The van der Waals surface area contributed by atoms with E-state index in [9.17, 15) is 14.4 Å². The van der Waals surface area contributed by atoms with E-state index in [1.807, 2.05) is 32.0 Å². The van der Waals surface area contributed by atoms with Crippen molar-refractivity contribution in [2.45, 2.75) is 26.7 Å². The Balaban J connectivity index is 1.65. The Kier molecular flexibility index (Phi) is 5.21. The molecule has 0 unspecified atom stereocenters. The quantitative estimate of drug-likeness (QED) is 0.861. The van der Waals surface area contributed by atoms with Gasteiger partial charge in [0.05, 0.1) is 12.5 Å². The minimum atomic E-state index is -0.807. The van der Waals surface area contributed by atoms with Crippen LogP contribution in [0.25, 0.3) is 10.9 Å². The van der Waals surface area contributed by atoms with Crippen molar-refractivity contribution in [3.8, 4) is 0 Å². The number of likely N-dealkylation sites (N-methyl/N-ethyl adjacent to an activating group) is 1. The molecule has 1 fully saturated rings. The van der Waals surface area contributed by atoms with Crippen LogP contribution in [-0.2, 0) is 9.59 Å². The summed E-state index contributed by atoms with van der Waals surface area (Å²) in [5.41, 5.74) is 3.65. The van der Waals surface area contributed by atoms with Crippen LogP contribution in [0.15, 0.2) is 18.2 Å². The molecule has 7 heteroatoms. The first-order valence-corrected chi connectivity index (χ1v) is 9.13. The zero-order valence-electron chi connectivity index (χ0n) is 15.9. The molecule has 0 radical (unpaired) electrons. The summed E-state index contributed by atoms with van der Waals surface area (Å²) in [6.45, 7) is 4.87. The molecule has 0 saturated carbocycles. The number of aliphatic carboxylic acids is 1. The fourth-order valence-electron chi connectivity index (χ4n) is 3.53. The van der Waals surface area contributed by atoms with Crippen molar-refractivity contribution in [2.24, 2.45) is 5.92 Å². The van der Waals surface area contributed by atoms with E-state index in [4.69, 9.17) is 5.11 Å². The Morgan fingerprint density at radius 1 is 1.22 bits per heavy atom. The largest absolute Gasteiger partial charge is 0.481 e. The molecule has 144 valence electrons. The molecule has 3 rings (SSSR count). The number of rotatable bonds is 4. The van der Waals surface area contributed by atoms with Crippen LogP contribution in [-0.4, -0.2) is 64.4 Å². The van der Waals surface area contributed by atoms with Gasteiger partial charge in [-0.1, -0.05) is 6.07 Å². The molecule has 1 aromatic heterocycles. The SMILES string of the molecule is Cc1ccc2[nH]c(C(=O)N(C)CC(=O)N3CCC(C(=O)O)CC3)cc2c1C. The van der Waals surface area contributed by atoms with Gasteiger partial charge in [0.1, 0.15) is 5.69 Å². The first-order chi connectivity index (χ1) is 12.8. The maximum Gasteiger partial charge on any atom is 0.306 e. The number of likely N-dealkylation sites (tertiary alicyclic amines) is 1. The van der Waals surface area contributed by atoms with Crippen LogP contribution in [0.2, 0.25) is 0 Å². The van der Waals surface area contributed by atoms with Crippen LogP contribution in [0.3, 0.4) is 0 Å². The first kappa shape index (κ1) is 18.9. The lowest BCUT2D eigenvalue weighted by molar-refractivity contribution is -0.145. The van der Waals surface area contributed by atoms with Crippen LogP contribution in [0.1, 0.15) is 34.5 Å². The number of hydrogen-bond donors (Lipinski definition) is 2. The van der Waals surface area contributed by atoms with Crippen molar-refractivity contribution >= 4 is 28.7 Å². The highest BCUT2D eigenvalue weighted by atomic mass is 16.4. The number of hydrogen-bond acceptors (Lipinski definition) is 3. The second-order valence-electron chi connectivity index (χ2n) is 7.31. The third kappa shape index (κ3) is 3.82. The second-order valence-corrected chi connectivity index (χ2v) is 7.31. The number of aromatic nitrogens is 1. The lowest BCUT2D eigenvalue weighted by Crippen LogP contribution is -2.45.